The minimum absolute atomic E-state index is 0.635. The van der Waals surface area contributed by atoms with E-state index in [4.69, 9.17) is 19.9 Å². The Labute approximate surface area is 323 Å². The number of fused-ring (bicyclic) bond motifs is 3. The average molecular weight is 721 g/mol. The third kappa shape index (κ3) is 6.17. The van der Waals surface area contributed by atoms with Crippen LogP contribution in [0.25, 0.3) is 99.1 Å². The smallest absolute Gasteiger partial charge is 0.164 e. The molecule has 0 atom stereocenters. The Balaban J connectivity index is 1.11. The molecule has 3 aromatic heterocycles. The van der Waals surface area contributed by atoms with E-state index in [-0.39, 0.29) is 0 Å². The second-order valence-corrected chi connectivity index (χ2v) is 14.4. The lowest BCUT2D eigenvalue weighted by Gasteiger charge is -2.12. The van der Waals surface area contributed by atoms with Crippen LogP contribution in [0.2, 0.25) is 0 Å². The SMILES string of the molecule is c1ccc(-c2nc(-c3ccccc3)nc(-c3ccc(-c4ccc5c(c4)nc(-c4ccccc4)c4c(-c6ccccc6)c(-c6ccccc6)sc45)cc3)n2)cc1. The van der Waals surface area contributed by atoms with Crippen molar-refractivity contribution < 1.29 is 0 Å². The van der Waals surface area contributed by atoms with Crippen LogP contribution in [0, 0.1) is 0 Å². The minimum atomic E-state index is 0.635. The first kappa shape index (κ1) is 32.6. The fourth-order valence-electron chi connectivity index (χ4n) is 7.25. The third-order valence-corrected chi connectivity index (χ3v) is 11.2. The van der Waals surface area contributed by atoms with E-state index in [9.17, 15) is 0 Å². The molecule has 3 heterocycles. The molecule has 0 aliphatic heterocycles. The Morgan fingerprint density at radius 3 is 1.27 bits per heavy atom. The highest BCUT2D eigenvalue weighted by Gasteiger charge is 2.23. The zero-order valence-corrected chi connectivity index (χ0v) is 30.5. The molecule has 0 spiro atoms. The zero-order chi connectivity index (χ0) is 36.6. The summed E-state index contributed by atoms with van der Waals surface area (Å²) in [5.41, 5.74) is 11.7. The summed E-state index contributed by atoms with van der Waals surface area (Å²) in [4.78, 5) is 21.4. The number of aromatic nitrogens is 4. The number of hydrogen-bond acceptors (Lipinski definition) is 5. The van der Waals surface area contributed by atoms with Crippen molar-refractivity contribution in [1.29, 1.82) is 0 Å². The van der Waals surface area contributed by atoms with Crippen LogP contribution in [-0.4, -0.2) is 19.9 Å². The summed E-state index contributed by atoms with van der Waals surface area (Å²) < 4.78 is 1.24. The molecule has 0 aliphatic rings. The van der Waals surface area contributed by atoms with E-state index in [1.807, 2.05) is 72.0 Å². The summed E-state index contributed by atoms with van der Waals surface area (Å²) in [7, 11) is 0. The molecule has 0 saturated heterocycles. The number of benzene rings is 7. The van der Waals surface area contributed by atoms with Crippen LogP contribution in [0.4, 0.5) is 0 Å². The largest absolute Gasteiger partial charge is 0.247 e. The molecule has 0 aliphatic carbocycles. The first-order chi connectivity index (χ1) is 27.3. The van der Waals surface area contributed by atoms with Crippen molar-refractivity contribution in [3.63, 3.8) is 0 Å². The number of hydrogen-bond donors (Lipinski definition) is 0. The van der Waals surface area contributed by atoms with Crippen LogP contribution in [0.15, 0.2) is 194 Å². The van der Waals surface area contributed by atoms with Crippen molar-refractivity contribution in [1.82, 2.24) is 19.9 Å². The van der Waals surface area contributed by atoms with Gasteiger partial charge in [0.2, 0.25) is 0 Å². The zero-order valence-electron chi connectivity index (χ0n) is 29.7. The Kier molecular flexibility index (Phi) is 8.32. The van der Waals surface area contributed by atoms with Gasteiger partial charge in [-0.25, -0.2) is 19.9 Å². The molecule has 5 heteroatoms. The first-order valence-corrected chi connectivity index (χ1v) is 19.1. The van der Waals surface area contributed by atoms with Crippen molar-refractivity contribution in [3.05, 3.63) is 194 Å². The number of pyridine rings is 1. The molecule has 7 aromatic carbocycles. The van der Waals surface area contributed by atoms with E-state index in [1.165, 1.54) is 31.7 Å². The third-order valence-electron chi connectivity index (χ3n) is 9.94. The Bertz CT molecular complexity index is 2870. The summed E-state index contributed by atoms with van der Waals surface area (Å²) in [6.07, 6.45) is 0. The van der Waals surface area contributed by atoms with Crippen molar-refractivity contribution in [2.24, 2.45) is 0 Å². The van der Waals surface area contributed by atoms with Crippen molar-refractivity contribution in [3.8, 4) is 78.1 Å². The summed E-state index contributed by atoms with van der Waals surface area (Å²) in [5, 5.41) is 2.33. The predicted octanol–water partition coefficient (Wildman–Crippen LogP) is 13.3. The van der Waals surface area contributed by atoms with Crippen LogP contribution < -0.4 is 0 Å². The standard InChI is InChI=1S/C50H32N4S/c1-6-16-34(17-7-1)43-44-45(35-18-8-2-9-19-35)51-42-32-40(30-31-41(42)47(44)55-46(43)36-20-10-3-11-21-36)33-26-28-39(29-27-33)50-53-48(37-22-12-4-13-23-37)52-49(54-50)38-24-14-5-15-25-38/h1-32H. The van der Waals surface area contributed by atoms with E-state index in [2.05, 4.69) is 133 Å². The molecule has 0 amide bonds. The van der Waals surface area contributed by atoms with Gasteiger partial charge in [0.15, 0.2) is 17.5 Å². The molecular weight excluding hydrogens is 689 g/mol. The van der Waals surface area contributed by atoms with Gasteiger partial charge in [-0.1, -0.05) is 188 Å². The molecule has 10 aromatic rings. The number of nitrogens with zero attached hydrogens (tertiary/aromatic N) is 4. The second-order valence-electron chi connectivity index (χ2n) is 13.4. The van der Waals surface area contributed by atoms with Gasteiger partial charge in [0, 0.05) is 48.2 Å². The molecule has 0 radical (unpaired) electrons. The summed E-state index contributed by atoms with van der Waals surface area (Å²) in [6.45, 7) is 0. The Morgan fingerprint density at radius 1 is 0.327 bits per heavy atom. The summed E-state index contributed by atoms with van der Waals surface area (Å²) in [6, 6.07) is 67.4. The highest BCUT2D eigenvalue weighted by molar-refractivity contribution is 7.24. The van der Waals surface area contributed by atoms with Crippen molar-refractivity contribution in [2.45, 2.75) is 0 Å². The van der Waals surface area contributed by atoms with Gasteiger partial charge in [-0.05, 0) is 28.3 Å². The molecule has 0 N–H and O–H groups in total. The fourth-order valence-corrected chi connectivity index (χ4v) is 8.61. The molecule has 0 fully saturated rings. The highest BCUT2D eigenvalue weighted by atomic mass is 32.1. The molecule has 258 valence electrons. The lowest BCUT2D eigenvalue weighted by molar-refractivity contribution is 1.07. The maximum Gasteiger partial charge on any atom is 0.164 e. The van der Waals surface area contributed by atoms with E-state index < -0.39 is 0 Å². The lowest BCUT2D eigenvalue weighted by atomic mass is 9.94. The van der Waals surface area contributed by atoms with Crippen LogP contribution in [0.5, 0.6) is 0 Å². The molecule has 10 rings (SSSR count). The van der Waals surface area contributed by atoms with Gasteiger partial charge in [0.25, 0.3) is 0 Å². The quantitative estimate of drug-likeness (QED) is 0.164. The Hall–Kier alpha value is -7.08. The van der Waals surface area contributed by atoms with Gasteiger partial charge in [-0.2, -0.15) is 0 Å². The highest BCUT2D eigenvalue weighted by Crippen LogP contribution is 2.50. The number of rotatable bonds is 7. The minimum Gasteiger partial charge on any atom is -0.247 e. The van der Waals surface area contributed by atoms with Gasteiger partial charge in [-0.15, -0.1) is 11.3 Å². The van der Waals surface area contributed by atoms with Gasteiger partial charge < -0.3 is 0 Å². The fraction of sp³-hybridized carbons (Fsp3) is 0. The topological polar surface area (TPSA) is 51.6 Å². The molecule has 55 heavy (non-hydrogen) atoms. The molecule has 4 nitrogen and oxygen atoms in total. The summed E-state index contributed by atoms with van der Waals surface area (Å²) in [5.74, 6) is 1.93. The molecule has 0 bridgehead atoms. The van der Waals surface area contributed by atoms with E-state index in [0.29, 0.717) is 17.5 Å². The van der Waals surface area contributed by atoms with Crippen LogP contribution in [0.3, 0.4) is 0 Å². The maximum atomic E-state index is 5.47. The molecule has 0 unspecified atom stereocenters. The van der Waals surface area contributed by atoms with Crippen molar-refractivity contribution in [2.75, 3.05) is 0 Å². The summed E-state index contributed by atoms with van der Waals surface area (Å²) >= 11 is 1.85. The Morgan fingerprint density at radius 2 is 0.745 bits per heavy atom. The maximum absolute atomic E-state index is 5.47. The average Bonchev–Trinajstić information content (AvgIpc) is 3.68. The van der Waals surface area contributed by atoms with Gasteiger partial charge >= 0.3 is 0 Å². The van der Waals surface area contributed by atoms with Gasteiger partial charge in [0.1, 0.15) is 0 Å². The van der Waals surface area contributed by atoms with Crippen molar-refractivity contribution >= 4 is 32.3 Å². The van der Waals surface area contributed by atoms with E-state index in [1.54, 1.807) is 0 Å². The second kappa shape index (κ2) is 14.0. The van der Waals surface area contributed by atoms with Gasteiger partial charge in [0.05, 0.1) is 11.2 Å². The first-order valence-electron chi connectivity index (χ1n) is 18.3. The van der Waals surface area contributed by atoms with Gasteiger partial charge in [-0.3, -0.25) is 0 Å². The lowest BCUT2D eigenvalue weighted by Crippen LogP contribution is -2.00. The van der Waals surface area contributed by atoms with E-state index >= 15 is 0 Å². The van der Waals surface area contributed by atoms with Crippen LogP contribution in [0.1, 0.15) is 0 Å². The molecule has 0 saturated carbocycles. The van der Waals surface area contributed by atoms with Crippen LogP contribution in [-0.2, 0) is 0 Å². The van der Waals surface area contributed by atoms with Crippen LogP contribution >= 0.6 is 11.3 Å². The normalized spacial score (nSPS) is 11.3. The monoisotopic (exact) mass is 720 g/mol. The molecular formula is C50H32N4S. The predicted molar refractivity (Wildman–Crippen MR) is 229 cm³/mol. The number of thiophene rings is 1. The van der Waals surface area contributed by atoms with E-state index in [0.717, 1.165) is 50.0 Å².